The summed E-state index contributed by atoms with van der Waals surface area (Å²) in [6.07, 6.45) is 3.17. The number of benzene rings is 1. The second kappa shape index (κ2) is 13.7. The zero-order chi connectivity index (χ0) is 28.5. The molecule has 1 aliphatic heterocycles. The number of carbonyl (C=O) groups excluding carboxylic acids is 3. The van der Waals surface area contributed by atoms with Gasteiger partial charge in [0, 0.05) is 23.6 Å². The Kier molecular flexibility index (Phi) is 10.4. The third kappa shape index (κ3) is 7.77. The minimum Gasteiger partial charge on any atom is -0.481 e. The highest BCUT2D eigenvalue weighted by atomic mass is 16.4. The molecular weight excluding hydrogens is 508 g/mol. The summed E-state index contributed by atoms with van der Waals surface area (Å²) >= 11 is 0. The number of carbonyl (C=O) groups is 5. The van der Waals surface area contributed by atoms with Gasteiger partial charge in [0.25, 0.3) is 0 Å². The van der Waals surface area contributed by atoms with Crippen molar-refractivity contribution in [2.75, 3.05) is 13.1 Å². The van der Waals surface area contributed by atoms with Gasteiger partial charge in [0.1, 0.15) is 18.1 Å². The van der Waals surface area contributed by atoms with Gasteiger partial charge >= 0.3 is 11.9 Å². The molecular formula is C26H36N6O7. The summed E-state index contributed by atoms with van der Waals surface area (Å²) in [4.78, 5) is 66.5. The summed E-state index contributed by atoms with van der Waals surface area (Å²) < 4.78 is 0. The maximum atomic E-state index is 13.2. The van der Waals surface area contributed by atoms with Crippen molar-refractivity contribution in [2.24, 2.45) is 11.5 Å². The molecule has 2 heterocycles. The van der Waals surface area contributed by atoms with Crippen LogP contribution in [0.1, 0.15) is 44.1 Å². The van der Waals surface area contributed by atoms with Crippen LogP contribution in [0.25, 0.3) is 10.9 Å². The number of carboxylic acids is 2. The maximum Gasteiger partial charge on any atom is 0.326 e. The number of nitrogens with zero attached hydrogens (tertiary/aromatic N) is 1. The molecule has 13 heteroatoms. The van der Waals surface area contributed by atoms with Crippen molar-refractivity contribution in [1.82, 2.24) is 20.5 Å². The Labute approximate surface area is 225 Å². The van der Waals surface area contributed by atoms with Gasteiger partial charge in [0.15, 0.2) is 0 Å². The largest absolute Gasteiger partial charge is 0.481 e. The molecule has 0 aliphatic carbocycles. The number of hydrogen-bond donors (Lipinski definition) is 7. The van der Waals surface area contributed by atoms with Crippen LogP contribution in [0.15, 0.2) is 30.5 Å². The van der Waals surface area contributed by atoms with Crippen LogP contribution in [0.4, 0.5) is 0 Å². The average molecular weight is 545 g/mol. The smallest absolute Gasteiger partial charge is 0.326 e. The van der Waals surface area contributed by atoms with Gasteiger partial charge in [-0.2, -0.15) is 0 Å². The maximum absolute atomic E-state index is 13.2. The first kappa shape index (κ1) is 29.6. The molecule has 1 fully saturated rings. The lowest BCUT2D eigenvalue weighted by Crippen LogP contribution is -2.57. The number of aliphatic carboxylic acids is 2. The van der Waals surface area contributed by atoms with Crippen molar-refractivity contribution < 1.29 is 34.2 Å². The van der Waals surface area contributed by atoms with Gasteiger partial charge in [-0.15, -0.1) is 0 Å². The molecule has 4 atom stereocenters. The fourth-order valence-electron chi connectivity index (χ4n) is 4.80. The van der Waals surface area contributed by atoms with E-state index >= 15 is 0 Å². The topological polar surface area (TPSA) is 221 Å². The Balaban J connectivity index is 1.71. The highest BCUT2D eigenvalue weighted by molar-refractivity contribution is 5.96. The first-order valence-electron chi connectivity index (χ1n) is 13.0. The normalized spacial score (nSPS) is 17.4. The molecule has 212 valence electrons. The third-order valence-electron chi connectivity index (χ3n) is 6.85. The summed E-state index contributed by atoms with van der Waals surface area (Å²) in [7, 11) is 0. The van der Waals surface area contributed by atoms with Crippen molar-refractivity contribution in [2.45, 2.75) is 69.1 Å². The first-order chi connectivity index (χ1) is 18.6. The lowest BCUT2D eigenvalue weighted by atomic mass is 10.0. The van der Waals surface area contributed by atoms with Gasteiger partial charge < -0.3 is 42.2 Å². The van der Waals surface area contributed by atoms with E-state index in [9.17, 15) is 34.2 Å². The summed E-state index contributed by atoms with van der Waals surface area (Å²) in [5, 5.41) is 24.8. The van der Waals surface area contributed by atoms with Crippen LogP contribution < -0.4 is 22.1 Å². The molecule has 0 saturated carbocycles. The van der Waals surface area contributed by atoms with E-state index in [0.717, 1.165) is 21.4 Å². The Morgan fingerprint density at radius 2 is 1.77 bits per heavy atom. The van der Waals surface area contributed by atoms with E-state index in [4.69, 9.17) is 11.5 Å². The SMILES string of the molecule is NCCCCC(NC(=O)C(N)Cc1c[nH]c2ccccc12)C(=O)NC(CC(=O)O)C(=O)N1CCCC1C(=O)O. The van der Waals surface area contributed by atoms with Crippen LogP contribution in [0.2, 0.25) is 0 Å². The first-order valence-corrected chi connectivity index (χ1v) is 13.0. The number of amides is 3. The fraction of sp³-hybridized carbons (Fsp3) is 0.500. The Hall–Kier alpha value is -3.97. The number of H-pyrrole nitrogens is 1. The van der Waals surface area contributed by atoms with E-state index in [0.29, 0.717) is 25.8 Å². The van der Waals surface area contributed by atoms with E-state index < -0.39 is 60.2 Å². The molecule has 0 radical (unpaired) electrons. The molecule has 9 N–H and O–H groups in total. The Bertz CT molecular complexity index is 1200. The number of likely N-dealkylation sites (tertiary alicyclic amines) is 1. The second-order valence-electron chi connectivity index (χ2n) is 9.70. The highest BCUT2D eigenvalue weighted by Gasteiger charge is 2.39. The molecule has 2 aromatic rings. The summed E-state index contributed by atoms with van der Waals surface area (Å²) in [6, 6.07) is 2.90. The van der Waals surface area contributed by atoms with Crippen molar-refractivity contribution in [3.63, 3.8) is 0 Å². The molecule has 39 heavy (non-hydrogen) atoms. The van der Waals surface area contributed by atoms with E-state index in [2.05, 4.69) is 15.6 Å². The van der Waals surface area contributed by atoms with E-state index in [1.54, 1.807) is 6.20 Å². The Morgan fingerprint density at radius 3 is 2.46 bits per heavy atom. The van der Waals surface area contributed by atoms with Crippen LogP contribution in [0.3, 0.4) is 0 Å². The van der Waals surface area contributed by atoms with Crippen molar-refractivity contribution in [1.29, 1.82) is 0 Å². The van der Waals surface area contributed by atoms with Crippen molar-refractivity contribution in [3.05, 3.63) is 36.0 Å². The molecule has 0 spiro atoms. The summed E-state index contributed by atoms with van der Waals surface area (Å²) in [5.41, 5.74) is 13.5. The number of para-hydroxylation sites is 1. The molecule has 1 aromatic heterocycles. The van der Waals surface area contributed by atoms with Gasteiger partial charge in [-0.05, 0) is 56.7 Å². The predicted octanol–water partition coefficient (Wildman–Crippen LogP) is -0.313. The van der Waals surface area contributed by atoms with E-state index in [1.165, 1.54) is 0 Å². The zero-order valence-corrected chi connectivity index (χ0v) is 21.6. The molecule has 13 nitrogen and oxygen atoms in total. The minimum atomic E-state index is -1.50. The minimum absolute atomic E-state index is 0.140. The zero-order valence-electron chi connectivity index (χ0n) is 21.6. The second-order valence-corrected chi connectivity index (χ2v) is 9.70. The predicted molar refractivity (Wildman–Crippen MR) is 141 cm³/mol. The van der Waals surface area contributed by atoms with Crippen LogP contribution >= 0.6 is 0 Å². The number of aromatic nitrogens is 1. The van der Waals surface area contributed by atoms with Gasteiger partial charge in [-0.1, -0.05) is 18.2 Å². The van der Waals surface area contributed by atoms with E-state index in [-0.39, 0.29) is 25.8 Å². The van der Waals surface area contributed by atoms with Crippen LogP contribution in [0.5, 0.6) is 0 Å². The van der Waals surface area contributed by atoms with Crippen molar-refractivity contribution in [3.8, 4) is 0 Å². The lowest BCUT2D eigenvalue weighted by Gasteiger charge is -2.28. The molecule has 3 amide bonds. The summed E-state index contributed by atoms with van der Waals surface area (Å²) in [6.45, 7) is 0.509. The number of fused-ring (bicyclic) bond motifs is 1. The molecule has 1 aliphatic rings. The van der Waals surface area contributed by atoms with E-state index in [1.807, 2.05) is 24.3 Å². The van der Waals surface area contributed by atoms with Crippen LogP contribution in [-0.2, 0) is 30.4 Å². The number of carboxylic acid groups (broad SMARTS) is 2. The number of hydrogen-bond acceptors (Lipinski definition) is 7. The molecule has 4 unspecified atom stereocenters. The highest BCUT2D eigenvalue weighted by Crippen LogP contribution is 2.20. The quantitative estimate of drug-likeness (QED) is 0.155. The summed E-state index contributed by atoms with van der Waals surface area (Å²) in [5.74, 6) is -4.68. The fourth-order valence-corrected chi connectivity index (χ4v) is 4.80. The van der Waals surface area contributed by atoms with Crippen molar-refractivity contribution >= 4 is 40.6 Å². The standard InChI is InChI=1S/C26H36N6O7/c27-10-4-3-8-19(30-23(35)17(28)12-15-14-29-18-7-2-1-6-16(15)18)24(36)31-20(13-22(33)34)25(37)32-11-5-9-21(32)26(38)39/h1-2,6-7,14,17,19-21,29H,3-5,8-13,27-28H2,(H,30,35)(H,31,36)(H,33,34)(H,38,39). The number of nitrogens with two attached hydrogens (primary N) is 2. The molecule has 1 aromatic carbocycles. The van der Waals surface area contributed by atoms with Gasteiger partial charge in [-0.3, -0.25) is 19.2 Å². The molecule has 0 bridgehead atoms. The number of unbranched alkanes of at least 4 members (excludes halogenated alkanes) is 1. The average Bonchev–Trinajstić information content (AvgIpc) is 3.55. The monoisotopic (exact) mass is 544 g/mol. The van der Waals surface area contributed by atoms with Gasteiger partial charge in [0.05, 0.1) is 12.5 Å². The van der Waals surface area contributed by atoms with Crippen LogP contribution in [-0.4, -0.2) is 87.0 Å². The number of nitrogens with one attached hydrogen (secondary N) is 3. The van der Waals surface area contributed by atoms with Crippen LogP contribution in [0, 0.1) is 0 Å². The lowest BCUT2D eigenvalue weighted by molar-refractivity contribution is -0.150. The Morgan fingerprint density at radius 1 is 1.05 bits per heavy atom. The van der Waals surface area contributed by atoms with Gasteiger partial charge in [0.2, 0.25) is 17.7 Å². The number of rotatable bonds is 14. The third-order valence-corrected chi connectivity index (χ3v) is 6.85. The number of aromatic amines is 1. The van der Waals surface area contributed by atoms with Gasteiger partial charge in [-0.25, -0.2) is 4.79 Å². The molecule has 1 saturated heterocycles. The molecule has 3 rings (SSSR count).